The fraction of sp³-hybridized carbons (Fsp3) is 0.815. The average molecular weight is 479 g/mol. The lowest BCUT2D eigenvalue weighted by Gasteiger charge is -2.46. The smallest absolute Gasteiger partial charge is 0.309 e. The number of carbonyl (C=O) groups is 1. The summed E-state index contributed by atoms with van der Waals surface area (Å²) in [5.41, 5.74) is -0.674. The molecular weight excluding hydrogens is 432 g/mol. The van der Waals surface area contributed by atoms with Crippen LogP contribution in [0.15, 0.2) is 12.7 Å². The van der Waals surface area contributed by atoms with Gasteiger partial charge in [-0.15, -0.1) is 11.8 Å². The number of carbonyl (C=O) groups excluding carboxylic acids is 1. The molecule has 0 radical (unpaired) electrons. The molecule has 1 N–H and O–H groups in total. The number of esters is 1. The Hall–Kier alpha value is -1.13. The molecule has 0 aliphatic carbocycles. The monoisotopic (exact) mass is 478 g/mol. The number of cyclic esters (lactones) is 1. The first-order chi connectivity index (χ1) is 15.1. The van der Waals surface area contributed by atoms with Gasteiger partial charge in [-0.3, -0.25) is 4.79 Å². The van der Waals surface area contributed by atoms with Gasteiger partial charge in [-0.1, -0.05) is 61.1 Å². The zero-order chi connectivity index (χ0) is 25.2. The van der Waals surface area contributed by atoms with Gasteiger partial charge in [-0.2, -0.15) is 0 Å². The molecule has 0 aromatic rings. The lowest BCUT2D eigenvalue weighted by atomic mass is 9.77. The third-order valence-electron chi connectivity index (χ3n) is 7.97. The van der Waals surface area contributed by atoms with E-state index in [9.17, 15) is 9.90 Å². The number of ether oxygens (including phenoxy) is 2. The molecule has 188 valence electrons. The standard InChI is InChI=1S/C27H46O5Si/c1-11-24-27(7,8)23(28)15-18(2)13-12-14-20-16-22(32-33(9,10)26(4,5)6)19(3)21(30-20)17-25(29)31-24/h11,18-24,28H,1,14-17H2,2-10H3/t18-,19-,20+,21-,22-,23+,24+/m0/s1. The minimum Gasteiger partial charge on any atom is -0.457 e. The van der Waals surface area contributed by atoms with Crippen molar-refractivity contribution in [2.75, 3.05) is 0 Å². The van der Waals surface area contributed by atoms with Crippen molar-refractivity contribution >= 4 is 14.3 Å². The summed E-state index contributed by atoms with van der Waals surface area (Å²) in [6, 6.07) is 0. The molecule has 2 aliphatic rings. The molecule has 6 heteroatoms. The van der Waals surface area contributed by atoms with Gasteiger partial charge >= 0.3 is 5.97 Å². The first-order valence-corrected chi connectivity index (χ1v) is 15.3. The molecule has 33 heavy (non-hydrogen) atoms. The van der Waals surface area contributed by atoms with Gasteiger partial charge in [0, 0.05) is 23.7 Å². The van der Waals surface area contributed by atoms with Crippen molar-refractivity contribution < 1.29 is 23.8 Å². The molecule has 7 atom stereocenters. The second kappa shape index (κ2) is 10.6. The van der Waals surface area contributed by atoms with E-state index in [4.69, 9.17) is 13.9 Å². The average Bonchev–Trinajstić information content (AvgIpc) is 2.67. The molecule has 2 rings (SSSR count). The number of hydrogen-bond donors (Lipinski definition) is 1. The number of rotatable bonds is 3. The van der Waals surface area contributed by atoms with Crippen molar-refractivity contribution in [1.82, 2.24) is 0 Å². The molecule has 5 nitrogen and oxygen atoms in total. The number of fused-ring (bicyclic) bond motifs is 2. The van der Waals surface area contributed by atoms with Crippen LogP contribution in [0, 0.1) is 29.1 Å². The minimum absolute atomic E-state index is 0.0148. The predicted octanol–water partition coefficient (Wildman–Crippen LogP) is 5.48. The Kier molecular flexibility index (Phi) is 9.06. The lowest BCUT2D eigenvalue weighted by molar-refractivity contribution is -0.169. The molecule has 0 amide bonds. The van der Waals surface area contributed by atoms with E-state index >= 15 is 0 Å². The predicted molar refractivity (Wildman–Crippen MR) is 135 cm³/mol. The maximum absolute atomic E-state index is 13.0. The molecule has 0 unspecified atom stereocenters. The zero-order valence-corrected chi connectivity index (χ0v) is 23.2. The van der Waals surface area contributed by atoms with Crippen LogP contribution < -0.4 is 0 Å². The molecular formula is C27H46O5Si. The maximum atomic E-state index is 13.0. The van der Waals surface area contributed by atoms with Gasteiger partial charge in [0.1, 0.15) is 6.10 Å². The molecule has 2 bridgehead atoms. The van der Waals surface area contributed by atoms with Crippen LogP contribution in [0.5, 0.6) is 0 Å². The van der Waals surface area contributed by atoms with Crippen molar-refractivity contribution in [1.29, 1.82) is 0 Å². The van der Waals surface area contributed by atoms with Gasteiger partial charge in [0.2, 0.25) is 0 Å². The van der Waals surface area contributed by atoms with E-state index in [1.54, 1.807) is 6.08 Å². The highest BCUT2D eigenvalue weighted by Crippen LogP contribution is 2.41. The summed E-state index contributed by atoms with van der Waals surface area (Å²) < 4.78 is 19.0. The van der Waals surface area contributed by atoms with Crippen LogP contribution >= 0.6 is 0 Å². The first-order valence-electron chi connectivity index (χ1n) is 12.4. The second-order valence-corrected chi connectivity index (χ2v) is 16.9. The van der Waals surface area contributed by atoms with Gasteiger partial charge in [-0.05, 0) is 31.0 Å². The highest BCUT2D eigenvalue weighted by atomic mass is 28.4. The van der Waals surface area contributed by atoms with E-state index in [2.05, 4.69) is 59.2 Å². The third kappa shape index (κ3) is 6.94. The van der Waals surface area contributed by atoms with Gasteiger partial charge in [0.05, 0.1) is 30.8 Å². The molecule has 1 fully saturated rings. The van der Waals surface area contributed by atoms with Crippen molar-refractivity contribution in [2.45, 2.75) is 123 Å². The SMILES string of the molecule is C=C[C@H]1OC(=O)C[C@@H]2O[C@H](CC#C[C@H](C)C[C@@H](O)C1(C)C)C[C@H](O[Si](C)(C)C(C)(C)C)[C@H]2C. The Bertz CT molecular complexity index is 757. The summed E-state index contributed by atoms with van der Waals surface area (Å²) in [4.78, 5) is 13.0. The third-order valence-corrected chi connectivity index (χ3v) is 12.5. The van der Waals surface area contributed by atoms with Crippen LogP contribution in [-0.2, 0) is 18.7 Å². The quantitative estimate of drug-likeness (QED) is 0.252. The Morgan fingerprint density at radius 1 is 1.24 bits per heavy atom. The molecule has 0 saturated carbocycles. The number of aliphatic hydroxyl groups is 1. The van der Waals surface area contributed by atoms with Gasteiger partial charge in [0.15, 0.2) is 8.32 Å². The largest absolute Gasteiger partial charge is 0.457 e. The minimum atomic E-state index is -1.99. The lowest BCUT2D eigenvalue weighted by Crippen LogP contribution is -2.52. The second-order valence-electron chi connectivity index (χ2n) is 12.2. The molecule has 0 aromatic carbocycles. The van der Waals surface area contributed by atoms with E-state index in [0.29, 0.717) is 12.8 Å². The summed E-state index contributed by atoms with van der Waals surface area (Å²) in [5.74, 6) is 6.32. The highest BCUT2D eigenvalue weighted by molar-refractivity contribution is 6.74. The Morgan fingerprint density at radius 3 is 2.45 bits per heavy atom. The zero-order valence-electron chi connectivity index (χ0n) is 22.2. The molecule has 0 spiro atoms. The fourth-order valence-corrected chi connectivity index (χ4v) is 5.73. The molecule has 2 aliphatic heterocycles. The summed E-state index contributed by atoms with van der Waals surface area (Å²) in [6.07, 6.45) is 1.99. The van der Waals surface area contributed by atoms with Crippen LogP contribution in [0.3, 0.4) is 0 Å². The van der Waals surface area contributed by atoms with E-state index in [1.807, 2.05) is 20.8 Å². The summed E-state index contributed by atoms with van der Waals surface area (Å²) in [5, 5.41) is 11.0. The van der Waals surface area contributed by atoms with Gasteiger partial charge < -0.3 is 19.0 Å². The summed E-state index contributed by atoms with van der Waals surface area (Å²) in [6.45, 7) is 23.1. The summed E-state index contributed by atoms with van der Waals surface area (Å²) in [7, 11) is -1.99. The first kappa shape index (κ1) is 28.1. The van der Waals surface area contributed by atoms with E-state index in [-0.39, 0.29) is 47.6 Å². The number of hydrogen-bond acceptors (Lipinski definition) is 5. The van der Waals surface area contributed by atoms with E-state index in [1.165, 1.54) is 0 Å². The molecule has 2 heterocycles. The van der Waals surface area contributed by atoms with Crippen molar-refractivity contribution in [3.8, 4) is 11.8 Å². The Balaban J connectivity index is 2.34. The van der Waals surface area contributed by atoms with E-state index < -0.39 is 25.9 Å². The van der Waals surface area contributed by atoms with Crippen molar-refractivity contribution in [2.24, 2.45) is 17.3 Å². The van der Waals surface area contributed by atoms with Gasteiger partial charge in [-0.25, -0.2) is 0 Å². The van der Waals surface area contributed by atoms with Crippen LogP contribution in [0.2, 0.25) is 18.1 Å². The van der Waals surface area contributed by atoms with E-state index in [0.717, 1.165) is 6.42 Å². The highest BCUT2D eigenvalue weighted by Gasteiger charge is 2.45. The Morgan fingerprint density at radius 2 is 1.88 bits per heavy atom. The van der Waals surface area contributed by atoms with Crippen LogP contribution in [0.1, 0.15) is 74.1 Å². The molecule has 1 saturated heterocycles. The number of aliphatic hydroxyl groups excluding tert-OH is 1. The normalized spacial score (nSPS) is 36.1. The van der Waals surface area contributed by atoms with Crippen LogP contribution in [0.4, 0.5) is 0 Å². The van der Waals surface area contributed by atoms with Gasteiger partial charge in [0.25, 0.3) is 0 Å². The summed E-state index contributed by atoms with van der Waals surface area (Å²) >= 11 is 0. The molecule has 0 aromatic heterocycles. The fourth-order valence-electron chi connectivity index (χ4n) is 4.31. The van der Waals surface area contributed by atoms with Crippen LogP contribution in [0.25, 0.3) is 0 Å². The van der Waals surface area contributed by atoms with Crippen molar-refractivity contribution in [3.05, 3.63) is 12.7 Å². The topological polar surface area (TPSA) is 65.0 Å². The Labute approximate surface area is 202 Å². The van der Waals surface area contributed by atoms with Crippen molar-refractivity contribution in [3.63, 3.8) is 0 Å². The maximum Gasteiger partial charge on any atom is 0.309 e. The van der Waals surface area contributed by atoms with Crippen LogP contribution in [-0.4, -0.2) is 49.9 Å².